The van der Waals surface area contributed by atoms with Crippen LogP contribution in [0.3, 0.4) is 0 Å². The summed E-state index contributed by atoms with van der Waals surface area (Å²) >= 11 is 0.778. The number of carbonyl (C=O) groups is 1. The normalized spacial score (nSPS) is 11.7. The molecule has 0 saturated heterocycles. The number of hydrogen-bond acceptors (Lipinski definition) is 6. The molecule has 1 aromatic carbocycles. The van der Waals surface area contributed by atoms with E-state index in [4.69, 9.17) is 0 Å². The van der Waals surface area contributed by atoms with Gasteiger partial charge in [-0.1, -0.05) is 96.2 Å². The van der Waals surface area contributed by atoms with Crippen molar-refractivity contribution < 1.29 is 18.0 Å². The zero-order valence-electron chi connectivity index (χ0n) is 27.6. The molecule has 0 aliphatic rings. The number of nitrogens with zero attached hydrogens (tertiary/aromatic N) is 3. The number of carbonyl (C=O) groups excluding carboxylic acids is 1. The van der Waals surface area contributed by atoms with Crippen molar-refractivity contribution in [3.05, 3.63) is 100 Å². The van der Waals surface area contributed by atoms with E-state index in [0.29, 0.717) is 12.1 Å². The number of nitrogens with one attached hydrogen (secondary N) is 1. The number of rotatable bonds is 11. The number of alkyl halides is 3. The minimum atomic E-state index is -4.63. The van der Waals surface area contributed by atoms with Gasteiger partial charge < -0.3 is 5.32 Å². The highest BCUT2D eigenvalue weighted by molar-refractivity contribution is 7.16. The second-order valence-electron chi connectivity index (χ2n) is 8.70. The largest absolute Gasteiger partial charge is 0.434 e. The summed E-state index contributed by atoms with van der Waals surface area (Å²) in [6.07, 6.45) is 7.75. The van der Waals surface area contributed by atoms with Gasteiger partial charge in [0.2, 0.25) is 0 Å². The summed E-state index contributed by atoms with van der Waals surface area (Å²) in [6, 6.07) is 11.3. The van der Waals surface area contributed by atoms with E-state index in [1.54, 1.807) is 18.3 Å². The quantitative estimate of drug-likeness (QED) is 0.169. The van der Waals surface area contributed by atoms with E-state index in [1.165, 1.54) is 11.1 Å². The van der Waals surface area contributed by atoms with Gasteiger partial charge in [0.25, 0.3) is 0 Å². The Morgan fingerprint density at radius 1 is 1.02 bits per heavy atom. The monoisotopic (exact) mass is 630 g/mol. The molecule has 3 rings (SSSR count). The smallest absolute Gasteiger partial charge is 0.316 e. The highest BCUT2D eigenvalue weighted by Crippen LogP contribution is 2.38. The molecule has 2 aromatic heterocycles. The molecule has 0 aliphatic carbocycles. The molecule has 0 spiro atoms. The van der Waals surface area contributed by atoms with Gasteiger partial charge in [-0.3, -0.25) is 14.7 Å². The maximum absolute atomic E-state index is 13.0. The van der Waals surface area contributed by atoms with Crippen molar-refractivity contribution >= 4 is 23.2 Å². The van der Waals surface area contributed by atoms with Crippen molar-refractivity contribution in [2.75, 3.05) is 26.7 Å². The predicted molar refractivity (Wildman–Crippen MR) is 182 cm³/mol. The molecule has 0 bridgehead atoms. The standard InChI is InChI=1S/C16H17F3N2OS.C15H20N2.2C2H6/c1-3-21(4-2)9-11-7-5-6-8-12(11)15-20-14(16(17,18)19)13(10-22)23-15;1-4-7-13(11-16-3)10-14(5-2)15-8-6-9-17-12-15;2*1-2/h5-8,10H,3-4,9H2,1-2H3;4-10,12,16H,11H2,1-3H3;2*1-2H3/b;7-4-,13-10+,14-5+;;. The topological polar surface area (TPSA) is 58.1 Å². The number of allylic oxidation sites excluding steroid dienone is 4. The summed E-state index contributed by atoms with van der Waals surface area (Å²) in [5, 5.41) is 3.40. The summed E-state index contributed by atoms with van der Waals surface area (Å²) in [6.45, 7) is 19.3. The lowest BCUT2D eigenvalue weighted by molar-refractivity contribution is -0.140. The molecular weight excluding hydrogens is 581 g/mol. The van der Waals surface area contributed by atoms with Crippen molar-refractivity contribution in [2.24, 2.45) is 0 Å². The number of thiazole rings is 1. The maximum atomic E-state index is 13.0. The zero-order valence-corrected chi connectivity index (χ0v) is 28.4. The predicted octanol–water partition coefficient (Wildman–Crippen LogP) is 9.74. The summed E-state index contributed by atoms with van der Waals surface area (Å²) < 4.78 is 38.9. The summed E-state index contributed by atoms with van der Waals surface area (Å²) in [7, 11) is 1.96. The fourth-order valence-corrected chi connectivity index (χ4v) is 4.89. The second-order valence-corrected chi connectivity index (χ2v) is 9.73. The fourth-order valence-electron chi connectivity index (χ4n) is 3.93. The van der Waals surface area contributed by atoms with Crippen LogP contribution in [-0.2, 0) is 12.7 Å². The summed E-state index contributed by atoms with van der Waals surface area (Å²) in [4.78, 5) is 20.6. The van der Waals surface area contributed by atoms with Crippen LogP contribution in [0.15, 0.2) is 78.7 Å². The van der Waals surface area contributed by atoms with Crippen molar-refractivity contribution in [1.82, 2.24) is 20.2 Å². The Morgan fingerprint density at radius 3 is 2.16 bits per heavy atom. The van der Waals surface area contributed by atoms with Gasteiger partial charge in [-0.2, -0.15) is 13.2 Å². The van der Waals surface area contributed by atoms with Gasteiger partial charge >= 0.3 is 6.18 Å². The van der Waals surface area contributed by atoms with E-state index in [0.717, 1.165) is 42.1 Å². The van der Waals surface area contributed by atoms with Gasteiger partial charge in [-0.15, -0.1) is 11.3 Å². The molecule has 2 heterocycles. The van der Waals surface area contributed by atoms with Crippen molar-refractivity contribution in [1.29, 1.82) is 0 Å². The SMILES string of the molecule is CC.CC.CCN(CC)Cc1ccccc1-c1nc(C(F)(F)F)c(C=O)s1.C\C=C/C(=C\C(=C/C)c1cccnc1)CNC. The number of aromatic nitrogens is 2. The fraction of sp³-hybridized carbons (Fsp3) is 0.400. The third-order valence-corrected chi connectivity index (χ3v) is 6.99. The number of halogens is 3. The van der Waals surface area contributed by atoms with Crippen LogP contribution >= 0.6 is 11.3 Å². The molecule has 0 atom stereocenters. The average Bonchev–Trinajstić information content (AvgIpc) is 3.51. The molecule has 1 N–H and O–H groups in total. The third-order valence-electron chi connectivity index (χ3n) is 5.97. The molecule has 242 valence electrons. The lowest BCUT2D eigenvalue weighted by Crippen LogP contribution is -2.22. The summed E-state index contributed by atoms with van der Waals surface area (Å²) in [5.74, 6) is 0. The molecule has 44 heavy (non-hydrogen) atoms. The van der Waals surface area contributed by atoms with Gasteiger partial charge in [0.15, 0.2) is 12.0 Å². The van der Waals surface area contributed by atoms with Crippen LogP contribution in [0.25, 0.3) is 16.1 Å². The van der Waals surface area contributed by atoms with E-state index in [2.05, 4.69) is 50.6 Å². The lowest BCUT2D eigenvalue weighted by atomic mass is 10.0. The number of likely N-dealkylation sites (N-methyl/N-ethyl adjacent to an activating group) is 1. The Hall–Kier alpha value is -3.40. The molecule has 0 radical (unpaired) electrons. The minimum absolute atomic E-state index is 0.219. The van der Waals surface area contributed by atoms with Crippen LogP contribution in [0.2, 0.25) is 0 Å². The number of hydrogen-bond donors (Lipinski definition) is 1. The van der Waals surface area contributed by atoms with Crippen LogP contribution in [0.4, 0.5) is 13.2 Å². The van der Waals surface area contributed by atoms with E-state index < -0.39 is 11.9 Å². The van der Waals surface area contributed by atoms with Crippen LogP contribution in [-0.4, -0.2) is 47.8 Å². The Morgan fingerprint density at radius 2 is 1.68 bits per heavy atom. The Balaban J connectivity index is 0.000000783. The highest BCUT2D eigenvalue weighted by Gasteiger charge is 2.37. The number of aldehydes is 1. The van der Waals surface area contributed by atoms with E-state index in [-0.39, 0.29) is 16.2 Å². The van der Waals surface area contributed by atoms with Crippen LogP contribution in [0.1, 0.15) is 81.9 Å². The first-order chi connectivity index (χ1) is 21.2. The van der Waals surface area contributed by atoms with Crippen molar-refractivity contribution in [3.63, 3.8) is 0 Å². The molecule has 0 unspecified atom stereocenters. The van der Waals surface area contributed by atoms with Crippen LogP contribution in [0, 0.1) is 0 Å². The first-order valence-electron chi connectivity index (χ1n) is 15.1. The molecule has 0 saturated carbocycles. The van der Waals surface area contributed by atoms with Crippen molar-refractivity contribution in [3.8, 4) is 10.6 Å². The summed E-state index contributed by atoms with van der Waals surface area (Å²) in [5.41, 5.74) is 4.03. The maximum Gasteiger partial charge on any atom is 0.434 e. The van der Waals surface area contributed by atoms with E-state index in [9.17, 15) is 18.0 Å². The first kappa shape index (κ1) is 40.6. The molecule has 9 heteroatoms. The van der Waals surface area contributed by atoms with Crippen LogP contribution in [0.5, 0.6) is 0 Å². The Labute approximate surface area is 266 Å². The van der Waals surface area contributed by atoms with Gasteiger partial charge in [-0.25, -0.2) is 4.98 Å². The average molecular weight is 631 g/mol. The van der Waals surface area contributed by atoms with Gasteiger partial charge in [0.1, 0.15) is 5.01 Å². The zero-order chi connectivity index (χ0) is 33.5. The van der Waals surface area contributed by atoms with Crippen molar-refractivity contribution in [2.45, 2.75) is 68.1 Å². The molecule has 0 aliphatic heterocycles. The number of pyridine rings is 1. The molecule has 0 fully saturated rings. The van der Waals surface area contributed by atoms with Gasteiger partial charge in [-0.05, 0) is 62.3 Å². The molecule has 3 aromatic rings. The second kappa shape index (κ2) is 23.0. The number of benzene rings is 1. The first-order valence-corrected chi connectivity index (χ1v) is 15.9. The molecular formula is C35H49F3N4OS. The Bertz CT molecular complexity index is 1290. The third kappa shape index (κ3) is 13.5. The van der Waals surface area contributed by atoms with Crippen LogP contribution < -0.4 is 5.32 Å². The van der Waals surface area contributed by atoms with Gasteiger partial charge in [0, 0.05) is 31.0 Å². The molecule has 5 nitrogen and oxygen atoms in total. The van der Waals surface area contributed by atoms with E-state index >= 15 is 0 Å². The highest BCUT2D eigenvalue weighted by atomic mass is 32.1. The lowest BCUT2D eigenvalue weighted by Gasteiger charge is -2.19. The van der Waals surface area contributed by atoms with Gasteiger partial charge in [0.05, 0.1) is 4.88 Å². The minimum Gasteiger partial charge on any atom is -0.316 e. The Kier molecular flexibility index (Phi) is 21.3. The van der Waals surface area contributed by atoms with E-state index in [1.807, 2.05) is 86.8 Å². The molecule has 0 amide bonds.